The van der Waals surface area contributed by atoms with Gasteiger partial charge < -0.3 is 49.0 Å². The van der Waals surface area contributed by atoms with Gasteiger partial charge in [0.1, 0.15) is 33.5 Å². The molecule has 16 heterocycles. The van der Waals surface area contributed by atoms with E-state index < -0.39 is 58.7 Å². The van der Waals surface area contributed by atoms with E-state index in [1.807, 2.05) is 44.2 Å². The van der Waals surface area contributed by atoms with Crippen molar-refractivity contribution < 1.29 is 94.6 Å². The van der Waals surface area contributed by atoms with Crippen molar-refractivity contribution in [2.45, 2.75) is 165 Å². The van der Waals surface area contributed by atoms with Gasteiger partial charge in [-0.2, -0.15) is 71.0 Å². The quantitative estimate of drug-likeness (QED) is 0.108. The van der Waals surface area contributed by atoms with Crippen molar-refractivity contribution in [1.29, 1.82) is 0 Å². The van der Waals surface area contributed by atoms with Gasteiger partial charge in [0.2, 0.25) is 0 Å². The number of aromatic nitrogens is 12. The average Bonchev–Trinajstić information content (AvgIpc) is 1.53. The molecule has 146 heavy (non-hydrogen) atoms. The predicted octanol–water partition coefficient (Wildman–Crippen LogP) is 22.1. The normalized spacial score (nSPS) is 17.0. The number of alkyl halides is 15. The molecule has 0 saturated carbocycles. The van der Waals surface area contributed by atoms with E-state index in [9.17, 15) is 89.8 Å². The number of carbonyl (C=O) groups is 5. The fourth-order valence-electron chi connectivity index (χ4n) is 20.4. The Bertz CT molecular complexity index is 6610. The van der Waals surface area contributed by atoms with Crippen molar-refractivity contribution in [2.24, 2.45) is 0 Å². The highest BCUT2D eigenvalue weighted by Crippen LogP contribution is 2.46. The summed E-state index contributed by atoms with van der Waals surface area (Å²) in [6.07, 6.45) is -6.49. The summed E-state index contributed by atoms with van der Waals surface area (Å²) in [5.41, 5.74) is 7.85. The number of hydrogen-bond acceptors (Lipinski definition) is 17. The lowest BCUT2D eigenvalue weighted by Crippen LogP contribution is -2.38. The van der Waals surface area contributed by atoms with E-state index >= 15 is 0 Å². The molecule has 2 N–H and O–H groups in total. The number of piperidine rings is 6. The Morgan fingerprint density at radius 2 is 0.705 bits per heavy atom. The zero-order valence-electron chi connectivity index (χ0n) is 80.0. The number of morpholine rings is 1. The first-order valence-electron chi connectivity index (χ1n) is 48.6. The van der Waals surface area contributed by atoms with Crippen LogP contribution < -0.4 is 9.80 Å². The van der Waals surface area contributed by atoms with Gasteiger partial charge in [0.25, 0.3) is 29.5 Å². The Balaban J connectivity index is 0.000000125. The molecule has 0 atom stereocenters. The first-order chi connectivity index (χ1) is 69.8. The van der Waals surface area contributed by atoms with Gasteiger partial charge in [-0.25, -0.2) is 19.0 Å². The third kappa shape index (κ3) is 24.3. The van der Waals surface area contributed by atoms with E-state index in [1.54, 1.807) is 144 Å². The number of nitrogens with one attached hydrogen (secondary N) is 2. The number of hydrogen-bond donors (Lipinski definition) is 2. The number of amides is 5. The summed E-state index contributed by atoms with van der Waals surface area (Å²) >= 11 is 1.05. The van der Waals surface area contributed by atoms with Crippen LogP contribution in [0, 0.1) is 20.8 Å². The van der Waals surface area contributed by atoms with Crippen molar-refractivity contribution in [1.82, 2.24) is 83.2 Å². The average molecular weight is 2050 g/mol. The molecule has 21 rings (SSSR count). The number of aromatic amines is 2. The number of ether oxygens (including phenoxy) is 1. The van der Waals surface area contributed by atoms with Crippen molar-refractivity contribution in [3.8, 4) is 0 Å². The third-order valence-corrected chi connectivity index (χ3v) is 28.9. The van der Waals surface area contributed by atoms with E-state index in [0.717, 1.165) is 120 Å². The summed E-state index contributed by atoms with van der Waals surface area (Å²) in [6, 6.07) is 43.5. The van der Waals surface area contributed by atoms with Crippen LogP contribution in [0.25, 0.3) is 33.4 Å². The highest BCUT2D eigenvalue weighted by Gasteiger charge is 2.43. The molecule has 768 valence electrons. The predicted molar refractivity (Wildman–Crippen MR) is 518 cm³/mol. The Hall–Kier alpha value is -13.9. The third-order valence-electron chi connectivity index (χ3n) is 28.1. The molecule has 0 unspecified atom stereocenters. The molecule has 0 aliphatic carbocycles. The maximum Gasteiger partial charge on any atom is 0.416 e. The molecule has 7 aliphatic heterocycles. The Labute approximate surface area is 833 Å². The van der Waals surface area contributed by atoms with Crippen LogP contribution in [0.15, 0.2) is 195 Å². The van der Waals surface area contributed by atoms with Gasteiger partial charge >= 0.3 is 30.9 Å². The number of rotatable bonds is 12. The van der Waals surface area contributed by atoms with Crippen molar-refractivity contribution in [3.05, 3.63) is 295 Å². The van der Waals surface area contributed by atoms with Crippen LogP contribution >= 0.6 is 11.5 Å². The Kier molecular flexibility index (Phi) is 31.4. The smallest absolute Gasteiger partial charge is 0.378 e. The molecule has 9 aromatic heterocycles. The van der Waals surface area contributed by atoms with Gasteiger partial charge in [0.15, 0.2) is 11.3 Å². The van der Waals surface area contributed by atoms with Gasteiger partial charge in [0, 0.05) is 97.8 Å². The first-order valence-corrected chi connectivity index (χ1v) is 49.4. The van der Waals surface area contributed by atoms with Gasteiger partial charge in [-0.05, 0) is 258 Å². The number of halogens is 15. The standard InChI is InChI=1S/C24H26F3N5O.C24H25F3N4O2.C21H20F3N3O.C20H19F3N4O.C16H16F3N3OS/c25-24(26,27)19-7-3-2-6-18(19)17-10-14-31(15-11-17)23(33)20-16-32-21(28-20)8-9-22(29-32)30-12-4-1-5-13-30;25-24(26,27)19-4-2-1-3-18(19)16-5-7-31(8-6-16)23(32)22-14-20-21(29-22)13-17(15-28-20)30-9-11-33-12-10-30;1-13-10-18-17(25-12-13)11-19(26-18)20(28)27-8-6-14(7-9-27)15-4-2-3-5-16(15)21(22,23)24;1-13-6-7-18-24-17(12-27(18)25-13)19(28)26-10-8-14(9-11-26)15-4-2-3-5-16(15)20(21,22)23;1-10-14(24-21-20-10)15(23)22-8-6-11(7-9-22)12-4-2-3-5-13(12)16(17,18)19/h2-3,6-9,16-17H,1,4-5,10-15H2;1-4,13-16,29H,5-12H2;2-5,10-12,14,26H,6-9H2,1H3;2-7,12,14H,8-11H2,1H3;2-5,11H,6-9H2,1H3. The Morgan fingerprint density at radius 1 is 0.363 bits per heavy atom. The molecular formula is C105H106F15N19O6S. The van der Waals surface area contributed by atoms with Crippen LogP contribution in [-0.4, -0.2) is 218 Å². The van der Waals surface area contributed by atoms with Crippen molar-refractivity contribution in [2.75, 3.05) is 115 Å². The van der Waals surface area contributed by atoms with Crippen molar-refractivity contribution in [3.63, 3.8) is 0 Å². The second-order valence-electron chi connectivity index (χ2n) is 37.6. The number of likely N-dealkylation sites (tertiary alicyclic amines) is 5. The van der Waals surface area contributed by atoms with Gasteiger partial charge in [-0.15, -0.1) is 10.2 Å². The van der Waals surface area contributed by atoms with Crippen LogP contribution in [0.3, 0.4) is 0 Å². The van der Waals surface area contributed by atoms with Crippen molar-refractivity contribution >= 4 is 85.9 Å². The highest BCUT2D eigenvalue weighted by molar-refractivity contribution is 7.08. The SMILES string of the molecule is Cc1ccc2nc(C(=O)N3CCC(c4ccccc4C(F)(F)F)CC3)cn2n1.Cc1cnc2cc(C(=O)N3CCC(c4ccccc4C(F)(F)F)CC3)[nH]c2c1.Cc1nnsc1C(=O)N1CCC(c2ccccc2C(F)(F)F)CC1.O=C(c1cc2ncc(N3CCOCC3)cc2[nH]1)N1CCC(c2ccccc2C(F)(F)F)CC1.O=C(c1cn2nc(N3CCCCC3)ccc2n1)N1CCC(c2ccccc2C(F)(F)F)CC1. The maximum atomic E-state index is 13.4. The van der Waals surface area contributed by atoms with E-state index in [-0.39, 0.29) is 59.1 Å². The largest absolute Gasteiger partial charge is 0.416 e. The van der Waals surface area contributed by atoms with E-state index in [0.29, 0.717) is 221 Å². The fraction of sp³-hybridized carbons (Fsp3) is 0.400. The molecule has 7 saturated heterocycles. The lowest BCUT2D eigenvalue weighted by atomic mass is 9.86. The number of H-pyrrole nitrogens is 2. The monoisotopic (exact) mass is 2050 g/mol. The summed E-state index contributed by atoms with van der Waals surface area (Å²) < 4.78 is 212. The summed E-state index contributed by atoms with van der Waals surface area (Å²) in [6.45, 7) is 14.6. The molecule has 5 amide bonds. The first kappa shape index (κ1) is 104. The number of nitrogens with zero attached hydrogens (tertiary/aromatic N) is 17. The summed E-state index contributed by atoms with van der Waals surface area (Å²) in [4.78, 5) is 101. The van der Waals surface area contributed by atoms with Crippen LogP contribution in [0.5, 0.6) is 0 Å². The number of carbonyl (C=O) groups excluding carboxylic acids is 5. The Morgan fingerprint density at radius 3 is 1.08 bits per heavy atom. The molecule has 0 bridgehead atoms. The lowest BCUT2D eigenvalue weighted by molar-refractivity contribution is -0.139. The van der Waals surface area contributed by atoms with Gasteiger partial charge in [-0.3, -0.25) is 33.9 Å². The van der Waals surface area contributed by atoms with Crippen LogP contribution in [0.4, 0.5) is 77.4 Å². The van der Waals surface area contributed by atoms with Crippen LogP contribution in [-0.2, 0) is 35.6 Å². The minimum absolute atomic E-state index is 0.134. The molecule has 0 radical (unpaired) electrons. The zero-order chi connectivity index (χ0) is 103. The number of benzene rings is 5. The molecule has 7 aliphatic rings. The topological polar surface area (TPSA) is 261 Å². The van der Waals surface area contributed by atoms with E-state index in [4.69, 9.17) is 4.74 Å². The van der Waals surface area contributed by atoms with Crippen LogP contribution in [0.2, 0.25) is 0 Å². The number of pyridine rings is 2. The molecule has 41 heteroatoms. The van der Waals surface area contributed by atoms with Gasteiger partial charge in [-0.1, -0.05) is 95.5 Å². The summed E-state index contributed by atoms with van der Waals surface area (Å²) in [7, 11) is 0. The highest BCUT2D eigenvalue weighted by atomic mass is 32.1. The molecule has 25 nitrogen and oxygen atoms in total. The second-order valence-corrected chi connectivity index (χ2v) is 38.3. The maximum absolute atomic E-state index is 13.4. The molecule has 14 aromatic rings. The fourth-order valence-corrected chi connectivity index (χ4v) is 21.1. The van der Waals surface area contributed by atoms with E-state index in [1.165, 1.54) is 36.8 Å². The molecule has 0 spiro atoms. The van der Waals surface area contributed by atoms with E-state index in [2.05, 4.69) is 59.5 Å². The minimum Gasteiger partial charge on any atom is -0.378 e. The zero-order valence-corrected chi connectivity index (χ0v) is 80.8. The molecular weight excluding hydrogens is 1940 g/mol. The number of fused-ring (bicyclic) bond motifs is 4. The molecule has 7 fully saturated rings. The lowest BCUT2D eigenvalue weighted by Gasteiger charge is -2.33. The number of anilines is 2. The summed E-state index contributed by atoms with van der Waals surface area (Å²) in [5, 5.41) is 12.7. The second kappa shape index (κ2) is 44.2. The minimum atomic E-state index is -4.37. The van der Waals surface area contributed by atoms with Crippen LogP contribution in [0.1, 0.15) is 237 Å². The number of aryl methyl sites for hydroxylation is 3. The summed E-state index contributed by atoms with van der Waals surface area (Å²) in [5.74, 6) is -1.01. The molecule has 5 aromatic carbocycles. The number of imidazole rings is 2. The van der Waals surface area contributed by atoms with Gasteiger partial charge in [0.05, 0.1) is 98.8 Å².